The van der Waals surface area contributed by atoms with Gasteiger partial charge in [-0.15, -0.1) is 0 Å². The summed E-state index contributed by atoms with van der Waals surface area (Å²) in [5.74, 6) is 2.40. The molecule has 0 saturated carbocycles. The first-order valence-electron chi connectivity index (χ1n) is 5.02. The Bertz CT molecular complexity index is 452. The summed E-state index contributed by atoms with van der Waals surface area (Å²) in [7, 11) is 5.25. The summed E-state index contributed by atoms with van der Waals surface area (Å²) in [4.78, 5) is 0. The number of hydrogen-bond donors (Lipinski definition) is 0. The second kappa shape index (κ2) is 4.35. The van der Waals surface area contributed by atoms with Gasteiger partial charge in [0.1, 0.15) is 25.1 Å². The van der Waals surface area contributed by atoms with E-state index in [0.29, 0.717) is 0 Å². The SMILES string of the molecule is Bc1c(OC)cc(-c2ccco2)cc1OC. The maximum Gasteiger partial charge on any atom is 0.149 e. The molecule has 2 rings (SSSR count). The molecule has 0 bridgehead atoms. The number of furan rings is 1. The lowest BCUT2D eigenvalue weighted by Crippen LogP contribution is -2.11. The van der Waals surface area contributed by atoms with Crippen molar-refractivity contribution in [1.82, 2.24) is 0 Å². The lowest BCUT2D eigenvalue weighted by molar-refractivity contribution is 0.400. The van der Waals surface area contributed by atoms with Gasteiger partial charge in [-0.3, -0.25) is 0 Å². The summed E-state index contributed by atoms with van der Waals surface area (Å²) in [5, 5.41) is 0. The van der Waals surface area contributed by atoms with Crippen molar-refractivity contribution in [2.24, 2.45) is 0 Å². The van der Waals surface area contributed by atoms with E-state index in [1.54, 1.807) is 20.5 Å². The third-order valence-electron chi connectivity index (χ3n) is 2.56. The minimum absolute atomic E-state index is 0.797. The van der Waals surface area contributed by atoms with E-state index >= 15 is 0 Å². The molecule has 1 heterocycles. The Morgan fingerprint density at radius 1 is 1.12 bits per heavy atom. The summed E-state index contributed by atoms with van der Waals surface area (Å²) >= 11 is 0. The van der Waals surface area contributed by atoms with E-state index in [4.69, 9.17) is 13.9 Å². The molecule has 0 radical (unpaired) electrons. The van der Waals surface area contributed by atoms with Crippen molar-refractivity contribution >= 4 is 13.3 Å². The van der Waals surface area contributed by atoms with Gasteiger partial charge in [0.25, 0.3) is 0 Å². The molecule has 0 fully saturated rings. The molecule has 1 aromatic heterocycles. The van der Waals surface area contributed by atoms with Crippen LogP contribution in [-0.2, 0) is 0 Å². The molecular weight excluding hydrogens is 203 g/mol. The van der Waals surface area contributed by atoms with Gasteiger partial charge in [0.2, 0.25) is 0 Å². The van der Waals surface area contributed by atoms with E-state index in [9.17, 15) is 0 Å². The van der Waals surface area contributed by atoms with Gasteiger partial charge in [0, 0.05) is 5.56 Å². The Labute approximate surface area is 95.4 Å². The van der Waals surface area contributed by atoms with Crippen LogP contribution in [0, 0.1) is 0 Å². The fourth-order valence-corrected chi connectivity index (χ4v) is 1.67. The maximum atomic E-state index is 5.35. The molecule has 2 aromatic rings. The monoisotopic (exact) mass is 216 g/mol. The molecule has 0 aliphatic heterocycles. The Kier molecular flexibility index (Phi) is 2.90. The zero-order valence-corrected chi connectivity index (χ0v) is 9.61. The van der Waals surface area contributed by atoms with Crippen LogP contribution in [0.1, 0.15) is 0 Å². The zero-order chi connectivity index (χ0) is 11.5. The quantitative estimate of drug-likeness (QED) is 0.723. The minimum atomic E-state index is 0.797. The van der Waals surface area contributed by atoms with E-state index in [2.05, 4.69) is 0 Å². The zero-order valence-electron chi connectivity index (χ0n) is 9.61. The molecule has 0 amide bonds. The first-order valence-corrected chi connectivity index (χ1v) is 5.02. The Morgan fingerprint density at radius 3 is 2.19 bits per heavy atom. The highest BCUT2D eigenvalue weighted by molar-refractivity contribution is 6.36. The number of methoxy groups -OCH3 is 2. The van der Waals surface area contributed by atoms with E-state index < -0.39 is 0 Å². The van der Waals surface area contributed by atoms with Gasteiger partial charge in [0.05, 0.1) is 20.5 Å². The predicted molar refractivity (Wildman–Crippen MR) is 65.4 cm³/mol. The highest BCUT2D eigenvalue weighted by Crippen LogP contribution is 2.27. The molecular formula is C12H13BO3. The highest BCUT2D eigenvalue weighted by Gasteiger charge is 2.10. The van der Waals surface area contributed by atoms with Crippen LogP contribution in [-0.4, -0.2) is 22.1 Å². The van der Waals surface area contributed by atoms with Crippen molar-refractivity contribution in [2.45, 2.75) is 0 Å². The Hall–Kier alpha value is -1.84. The molecule has 0 aliphatic rings. The molecule has 0 aliphatic carbocycles. The Balaban J connectivity index is 2.56. The normalized spacial score (nSPS) is 10.1. The fraction of sp³-hybridized carbons (Fsp3) is 0.167. The second-order valence-corrected chi connectivity index (χ2v) is 3.48. The van der Waals surface area contributed by atoms with Crippen molar-refractivity contribution in [2.75, 3.05) is 14.2 Å². The molecule has 0 saturated heterocycles. The lowest BCUT2D eigenvalue weighted by Gasteiger charge is -2.11. The van der Waals surface area contributed by atoms with E-state index in [0.717, 1.165) is 28.3 Å². The van der Waals surface area contributed by atoms with Crippen molar-refractivity contribution in [3.63, 3.8) is 0 Å². The molecule has 3 nitrogen and oxygen atoms in total. The predicted octanol–water partition coefficient (Wildman–Crippen LogP) is 1.22. The number of ether oxygens (including phenoxy) is 2. The largest absolute Gasteiger partial charge is 0.497 e. The Morgan fingerprint density at radius 2 is 1.75 bits per heavy atom. The van der Waals surface area contributed by atoms with Crippen molar-refractivity contribution < 1.29 is 13.9 Å². The van der Waals surface area contributed by atoms with Gasteiger partial charge in [-0.25, -0.2) is 0 Å². The lowest BCUT2D eigenvalue weighted by atomic mass is 9.92. The number of benzene rings is 1. The highest BCUT2D eigenvalue weighted by atomic mass is 16.5. The van der Waals surface area contributed by atoms with Crippen LogP contribution >= 0.6 is 0 Å². The average molecular weight is 216 g/mol. The van der Waals surface area contributed by atoms with Crippen molar-refractivity contribution in [3.8, 4) is 22.8 Å². The molecule has 1 aromatic carbocycles. The summed E-state index contributed by atoms with van der Waals surface area (Å²) in [5.41, 5.74) is 1.93. The van der Waals surface area contributed by atoms with E-state index in [1.807, 2.05) is 32.1 Å². The minimum Gasteiger partial charge on any atom is -0.497 e. The van der Waals surface area contributed by atoms with Gasteiger partial charge in [-0.05, 0) is 29.7 Å². The molecule has 0 unspecified atom stereocenters. The summed E-state index contributed by atoms with van der Waals surface area (Å²) in [6.45, 7) is 0. The fourth-order valence-electron chi connectivity index (χ4n) is 1.67. The summed E-state index contributed by atoms with van der Waals surface area (Å²) < 4.78 is 16.0. The molecule has 0 atom stereocenters. The first kappa shape index (κ1) is 10.7. The standard InChI is InChI=1S/C12H13BO3/c1-14-10-6-8(9-4-3-5-16-9)7-11(15-2)12(10)13/h3-7H,13H2,1-2H3. The molecule has 0 N–H and O–H groups in total. The molecule has 82 valence electrons. The second-order valence-electron chi connectivity index (χ2n) is 3.48. The smallest absolute Gasteiger partial charge is 0.149 e. The first-order chi connectivity index (χ1) is 7.76. The topological polar surface area (TPSA) is 31.6 Å². The van der Waals surface area contributed by atoms with Crippen molar-refractivity contribution in [3.05, 3.63) is 30.5 Å². The van der Waals surface area contributed by atoms with Gasteiger partial charge < -0.3 is 13.9 Å². The van der Waals surface area contributed by atoms with Gasteiger partial charge >= 0.3 is 0 Å². The van der Waals surface area contributed by atoms with Crippen molar-refractivity contribution in [1.29, 1.82) is 0 Å². The molecule has 0 spiro atoms. The third-order valence-corrected chi connectivity index (χ3v) is 2.56. The number of rotatable bonds is 3. The molecule has 16 heavy (non-hydrogen) atoms. The van der Waals surface area contributed by atoms with Crippen LogP contribution in [0.2, 0.25) is 0 Å². The van der Waals surface area contributed by atoms with Crippen LogP contribution in [0.4, 0.5) is 0 Å². The van der Waals surface area contributed by atoms with Gasteiger partial charge in [0.15, 0.2) is 0 Å². The third kappa shape index (κ3) is 1.78. The maximum absolute atomic E-state index is 5.35. The van der Waals surface area contributed by atoms with Gasteiger partial charge in [-0.2, -0.15) is 0 Å². The average Bonchev–Trinajstić information content (AvgIpc) is 2.83. The van der Waals surface area contributed by atoms with Crippen LogP contribution in [0.3, 0.4) is 0 Å². The van der Waals surface area contributed by atoms with Crippen LogP contribution in [0.25, 0.3) is 11.3 Å². The number of hydrogen-bond acceptors (Lipinski definition) is 3. The summed E-state index contributed by atoms with van der Waals surface area (Å²) in [6.07, 6.45) is 1.65. The van der Waals surface area contributed by atoms with Crippen LogP contribution < -0.4 is 14.9 Å². The van der Waals surface area contributed by atoms with Crippen LogP contribution in [0.15, 0.2) is 34.9 Å². The molecule has 4 heteroatoms. The van der Waals surface area contributed by atoms with Gasteiger partial charge in [-0.1, -0.05) is 0 Å². The summed E-state index contributed by atoms with van der Waals surface area (Å²) in [6, 6.07) is 7.64. The van der Waals surface area contributed by atoms with Crippen LogP contribution in [0.5, 0.6) is 11.5 Å². The van der Waals surface area contributed by atoms with E-state index in [-0.39, 0.29) is 0 Å². The van der Waals surface area contributed by atoms with E-state index in [1.165, 1.54) is 0 Å².